The van der Waals surface area contributed by atoms with Crippen LogP contribution in [-0.2, 0) is 0 Å². The van der Waals surface area contributed by atoms with Gasteiger partial charge in [0.05, 0.1) is 18.2 Å². The Morgan fingerprint density at radius 2 is 2.00 bits per heavy atom. The molecule has 1 aliphatic rings. The van der Waals surface area contributed by atoms with E-state index < -0.39 is 6.23 Å². The summed E-state index contributed by atoms with van der Waals surface area (Å²) in [6, 6.07) is 11.8. The van der Waals surface area contributed by atoms with Crippen molar-refractivity contribution in [1.82, 2.24) is 15.2 Å². The number of hydrogen-bond donors (Lipinski definition) is 1. The van der Waals surface area contributed by atoms with Gasteiger partial charge in [-0.3, -0.25) is 0 Å². The van der Waals surface area contributed by atoms with E-state index in [1.165, 1.54) is 12.8 Å². The van der Waals surface area contributed by atoms with Crippen molar-refractivity contribution in [1.29, 1.82) is 0 Å². The Morgan fingerprint density at radius 3 is 2.79 bits per heavy atom. The van der Waals surface area contributed by atoms with E-state index in [0.29, 0.717) is 34.8 Å². The normalized spacial score (nSPS) is 14.4. The molecule has 0 bridgehead atoms. The minimum absolute atomic E-state index is 0.454. The van der Waals surface area contributed by atoms with Gasteiger partial charge in [0.15, 0.2) is 23.4 Å². The van der Waals surface area contributed by atoms with Crippen LogP contribution in [0.2, 0.25) is 0 Å². The second kappa shape index (κ2) is 11.1. The number of fused-ring (bicyclic) bond motifs is 3. The molecule has 0 aliphatic carbocycles. The zero-order valence-corrected chi connectivity index (χ0v) is 21.3. The van der Waals surface area contributed by atoms with Gasteiger partial charge < -0.3 is 19.5 Å². The number of ether oxygens (including phenoxy) is 3. The largest absolute Gasteiger partial charge is 0.492 e. The Hall–Kier alpha value is -2.52. The molecular formula is C24H27BrN4O3S. The quantitative estimate of drug-likeness (QED) is 0.248. The van der Waals surface area contributed by atoms with Crippen molar-refractivity contribution in [3.8, 4) is 28.6 Å². The smallest absolute Gasteiger partial charge is 0.247 e. The summed E-state index contributed by atoms with van der Waals surface area (Å²) in [6.07, 6.45) is 2.98. The van der Waals surface area contributed by atoms with Crippen molar-refractivity contribution >= 4 is 33.4 Å². The van der Waals surface area contributed by atoms with E-state index >= 15 is 0 Å². The standard InChI is InChI=1S/C24H27BrN4O3S/c1-4-6-9-12-33-24-27-23-20(28-29-24)16-10-7-8-11-18(16)26-22(32-23)15-13-17(25)21(30-3)19(14-15)31-5-2/h7-8,10-11,13-14,22,26H,4-6,9,12H2,1-3H3/t22-/m0/s1. The highest BCUT2D eigenvalue weighted by atomic mass is 79.9. The Kier molecular flexibility index (Phi) is 7.93. The molecule has 0 saturated heterocycles. The summed E-state index contributed by atoms with van der Waals surface area (Å²) in [4.78, 5) is 4.72. The van der Waals surface area contributed by atoms with Crippen LogP contribution in [0.15, 0.2) is 46.0 Å². The van der Waals surface area contributed by atoms with Crippen molar-refractivity contribution in [2.24, 2.45) is 0 Å². The second-order valence-electron chi connectivity index (χ2n) is 7.46. The van der Waals surface area contributed by atoms with E-state index in [4.69, 9.17) is 19.2 Å². The number of halogens is 1. The number of hydrogen-bond acceptors (Lipinski definition) is 8. The van der Waals surface area contributed by atoms with Gasteiger partial charge in [-0.1, -0.05) is 49.7 Å². The molecule has 0 spiro atoms. The van der Waals surface area contributed by atoms with E-state index in [-0.39, 0.29) is 0 Å². The lowest BCUT2D eigenvalue weighted by Gasteiger charge is -2.21. The van der Waals surface area contributed by atoms with Crippen LogP contribution in [0.4, 0.5) is 5.69 Å². The maximum absolute atomic E-state index is 6.40. The Labute approximate surface area is 206 Å². The number of nitrogens with one attached hydrogen (secondary N) is 1. The van der Waals surface area contributed by atoms with Gasteiger partial charge in [0.25, 0.3) is 0 Å². The van der Waals surface area contributed by atoms with Crippen molar-refractivity contribution in [3.63, 3.8) is 0 Å². The van der Waals surface area contributed by atoms with Gasteiger partial charge in [-0.05, 0) is 47.5 Å². The summed E-state index contributed by atoms with van der Waals surface area (Å²) in [7, 11) is 1.62. The van der Waals surface area contributed by atoms with E-state index in [1.54, 1.807) is 18.9 Å². The average molecular weight is 531 g/mol. The van der Waals surface area contributed by atoms with Gasteiger partial charge in [-0.25, -0.2) is 0 Å². The first-order valence-corrected chi connectivity index (χ1v) is 12.8. The first-order chi connectivity index (χ1) is 16.1. The van der Waals surface area contributed by atoms with Crippen LogP contribution >= 0.6 is 27.7 Å². The van der Waals surface area contributed by atoms with Crippen LogP contribution in [0.25, 0.3) is 11.3 Å². The first kappa shape index (κ1) is 23.6. The molecular weight excluding hydrogens is 504 g/mol. The van der Waals surface area contributed by atoms with E-state index in [0.717, 1.165) is 33.5 Å². The van der Waals surface area contributed by atoms with Crippen LogP contribution in [0, 0.1) is 0 Å². The van der Waals surface area contributed by atoms with Crippen LogP contribution in [-0.4, -0.2) is 34.7 Å². The number of para-hydroxylation sites is 1. The van der Waals surface area contributed by atoms with Gasteiger partial charge in [0.2, 0.25) is 11.0 Å². The molecule has 1 atom stereocenters. The van der Waals surface area contributed by atoms with Crippen molar-refractivity contribution in [3.05, 3.63) is 46.4 Å². The third-order valence-corrected chi connectivity index (χ3v) is 6.66. The molecule has 9 heteroatoms. The van der Waals surface area contributed by atoms with Crippen molar-refractivity contribution < 1.29 is 14.2 Å². The molecule has 33 heavy (non-hydrogen) atoms. The lowest BCUT2D eigenvalue weighted by Crippen LogP contribution is -2.17. The molecule has 2 aromatic carbocycles. The molecule has 0 fully saturated rings. The highest BCUT2D eigenvalue weighted by molar-refractivity contribution is 9.10. The van der Waals surface area contributed by atoms with E-state index in [9.17, 15) is 0 Å². The minimum Gasteiger partial charge on any atom is -0.492 e. The maximum Gasteiger partial charge on any atom is 0.247 e. The Balaban J connectivity index is 1.72. The monoisotopic (exact) mass is 530 g/mol. The predicted octanol–water partition coefficient (Wildman–Crippen LogP) is 6.49. The summed E-state index contributed by atoms with van der Waals surface area (Å²) in [5, 5.41) is 12.9. The number of unbranched alkanes of at least 4 members (excludes halogenated alkanes) is 2. The van der Waals surface area contributed by atoms with Crippen molar-refractivity contribution in [2.45, 2.75) is 44.5 Å². The van der Waals surface area contributed by atoms with E-state index in [2.05, 4.69) is 38.4 Å². The third kappa shape index (κ3) is 5.35. The number of methoxy groups -OCH3 is 1. The molecule has 1 aromatic heterocycles. The molecule has 7 nitrogen and oxygen atoms in total. The van der Waals surface area contributed by atoms with Crippen LogP contribution in [0.3, 0.4) is 0 Å². The highest BCUT2D eigenvalue weighted by Gasteiger charge is 2.27. The fourth-order valence-corrected chi connectivity index (χ4v) is 4.97. The number of nitrogens with zero attached hydrogens (tertiary/aromatic N) is 3. The third-order valence-electron chi connectivity index (χ3n) is 5.15. The van der Waals surface area contributed by atoms with Crippen LogP contribution in [0.1, 0.15) is 44.9 Å². The number of benzene rings is 2. The summed E-state index contributed by atoms with van der Waals surface area (Å²) >= 11 is 5.21. The lowest BCUT2D eigenvalue weighted by molar-refractivity contribution is 0.224. The SMILES string of the molecule is CCCCCSc1nnc2c(n1)O[C@@H](c1cc(Br)c(OC)c(OCC)c1)Nc1ccccc1-2. The van der Waals surface area contributed by atoms with Gasteiger partial charge in [-0.15, -0.1) is 10.2 Å². The van der Waals surface area contributed by atoms with E-state index in [1.807, 2.05) is 43.3 Å². The molecule has 1 N–H and O–H groups in total. The second-order valence-corrected chi connectivity index (χ2v) is 9.38. The molecule has 4 rings (SSSR count). The number of thioether (sulfide) groups is 1. The topological polar surface area (TPSA) is 78.4 Å². The maximum atomic E-state index is 6.40. The molecule has 1 aliphatic heterocycles. The number of rotatable bonds is 9. The first-order valence-electron chi connectivity index (χ1n) is 11.0. The average Bonchev–Trinajstić information content (AvgIpc) is 2.98. The van der Waals surface area contributed by atoms with Gasteiger partial charge in [0.1, 0.15) is 0 Å². The number of aromatic nitrogens is 3. The molecule has 3 aromatic rings. The predicted molar refractivity (Wildman–Crippen MR) is 134 cm³/mol. The molecule has 0 saturated carbocycles. The fourth-order valence-electron chi connectivity index (χ4n) is 3.58. The Morgan fingerprint density at radius 1 is 1.15 bits per heavy atom. The Bertz CT molecular complexity index is 1120. The summed E-state index contributed by atoms with van der Waals surface area (Å²) in [5.74, 6) is 2.69. The zero-order valence-electron chi connectivity index (χ0n) is 18.9. The minimum atomic E-state index is -0.511. The molecule has 0 unspecified atom stereocenters. The molecule has 0 radical (unpaired) electrons. The summed E-state index contributed by atoms with van der Waals surface area (Å²) in [5.41, 5.74) is 3.28. The molecule has 0 amide bonds. The fraction of sp³-hybridized carbons (Fsp3) is 0.375. The van der Waals surface area contributed by atoms with Gasteiger partial charge >= 0.3 is 0 Å². The molecule has 174 valence electrons. The zero-order chi connectivity index (χ0) is 23.2. The van der Waals surface area contributed by atoms with Gasteiger partial charge in [0, 0.05) is 22.6 Å². The van der Waals surface area contributed by atoms with Gasteiger partial charge in [-0.2, -0.15) is 4.98 Å². The van der Waals surface area contributed by atoms with Crippen LogP contribution in [0.5, 0.6) is 17.4 Å². The van der Waals surface area contributed by atoms with Crippen LogP contribution < -0.4 is 19.5 Å². The van der Waals surface area contributed by atoms with Crippen molar-refractivity contribution in [2.75, 3.05) is 24.8 Å². The highest BCUT2D eigenvalue weighted by Crippen LogP contribution is 2.43. The summed E-state index contributed by atoms with van der Waals surface area (Å²) in [6.45, 7) is 4.65. The lowest BCUT2D eigenvalue weighted by atomic mass is 10.1. The summed E-state index contributed by atoms with van der Waals surface area (Å²) < 4.78 is 18.5. The molecule has 2 heterocycles. The number of anilines is 1.